The van der Waals surface area contributed by atoms with Crippen LogP contribution in [0.3, 0.4) is 0 Å². The first-order chi connectivity index (χ1) is 15.5. The Hall–Kier alpha value is -4.26. The monoisotopic (exact) mass is 429 g/mol. The van der Waals surface area contributed by atoms with Crippen molar-refractivity contribution in [2.75, 3.05) is 12.4 Å². The Morgan fingerprint density at radius 2 is 1.62 bits per heavy atom. The third-order valence-corrected chi connectivity index (χ3v) is 4.98. The van der Waals surface area contributed by atoms with Crippen molar-refractivity contribution in [2.24, 2.45) is 0 Å². The lowest BCUT2D eigenvalue weighted by molar-refractivity contribution is 0.102. The maximum absolute atomic E-state index is 14.3. The number of rotatable bonds is 5. The predicted molar refractivity (Wildman–Crippen MR) is 121 cm³/mol. The fourth-order valence-corrected chi connectivity index (χ4v) is 3.36. The van der Waals surface area contributed by atoms with Crippen LogP contribution < -0.4 is 15.5 Å². The fourth-order valence-electron chi connectivity index (χ4n) is 3.36. The van der Waals surface area contributed by atoms with Crippen molar-refractivity contribution in [1.29, 1.82) is 0 Å². The maximum atomic E-state index is 14.3. The van der Waals surface area contributed by atoms with Gasteiger partial charge in [0.1, 0.15) is 23.1 Å². The second-order valence-electron chi connectivity index (χ2n) is 7.05. The van der Waals surface area contributed by atoms with Crippen LogP contribution in [-0.4, -0.2) is 22.8 Å². The molecule has 0 spiro atoms. The molecule has 0 atom stereocenters. The molecule has 0 saturated heterocycles. The lowest BCUT2D eigenvalue weighted by atomic mass is 10.0. The summed E-state index contributed by atoms with van der Waals surface area (Å²) in [7, 11) is 1.55. The van der Waals surface area contributed by atoms with Crippen LogP contribution in [0.15, 0.2) is 83.7 Å². The number of hydrogen-bond acceptors (Lipinski definition) is 4. The van der Waals surface area contributed by atoms with Crippen molar-refractivity contribution >= 4 is 11.7 Å². The van der Waals surface area contributed by atoms with Crippen LogP contribution >= 0.6 is 0 Å². The number of benzene rings is 3. The summed E-state index contributed by atoms with van der Waals surface area (Å²) in [5.41, 5.74) is 1.22. The average molecular weight is 429 g/mol. The largest absolute Gasteiger partial charge is 0.497 e. The molecule has 0 bridgehead atoms. The molecular formula is C25H20FN3O3. The zero-order chi connectivity index (χ0) is 22.7. The third-order valence-electron chi connectivity index (χ3n) is 4.98. The van der Waals surface area contributed by atoms with E-state index in [2.05, 4.69) is 10.4 Å². The minimum Gasteiger partial charge on any atom is -0.497 e. The lowest BCUT2D eigenvalue weighted by Crippen LogP contribution is -2.25. The van der Waals surface area contributed by atoms with E-state index in [0.29, 0.717) is 17.0 Å². The minimum absolute atomic E-state index is 0.138. The quantitative estimate of drug-likeness (QED) is 0.503. The van der Waals surface area contributed by atoms with Gasteiger partial charge in [-0.1, -0.05) is 42.5 Å². The van der Waals surface area contributed by atoms with Gasteiger partial charge in [-0.3, -0.25) is 9.59 Å². The number of para-hydroxylation sites is 1. The lowest BCUT2D eigenvalue weighted by Gasteiger charge is -2.18. The van der Waals surface area contributed by atoms with Gasteiger partial charge in [-0.2, -0.15) is 5.10 Å². The van der Waals surface area contributed by atoms with Gasteiger partial charge >= 0.3 is 0 Å². The van der Waals surface area contributed by atoms with Crippen molar-refractivity contribution in [3.8, 4) is 22.6 Å². The summed E-state index contributed by atoms with van der Waals surface area (Å²) >= 11 is 0. The van der Waals surface area contributed by atoms with E-state index in [0.717, 1.165) is 0 Å². The molecule has 0 saturated carbocycles. The summed E-state index contributed by atoms with van der Waals surface area (Å²) in [6.07, 6.45) is 0. The van der Waals surface area contributed by atoms with Gasteiger partial charge in [0.15, 0.2) is 0 Å². The number of halogens is 1. The van der Waals surface area contributed by atoms with E-state index in [1.165, 1.54) is 22.9 Å². The van der Waals surface area contributed by atoms with E-state index in [1.54, 1.807) is 56.5 Å². The summed E-state index contributed by atoms with van der Waals surface area (Å²) in [6, 6.07) is 21.6. The predicted octanol–water partition coefficient (Wildman–Crippen LogP) is 4.61. The Bertz CT molecular complexity index is 1330. The second-order valence-corrected chi connectivity index (χ2v) is 7.05. The zero-order valence-electron chi connectivity index (χ0n) is 17.5. The van der Waals surface area contributed by atoms with Gasteiger partial charge in [-0.05, 0) is 48.9 Å². The molecule has 0 aliphatic heterocycles. The van der Waals surface area contributed by atoms with Crippen molar-refractivity contribution in [3.05, 3.63) is 106 Å². The van der Waals surface area contributed by atoms with Crippen LogP contribution in [0, 0.1) is 12.7 Å². The molecular weight excluding hydrogens is 409 g/mol. The van der Waals surface area contributed by atoms with Gasteiger partial charge < -0.3 is 10.1 Å². The Morgan fingerprint density at radius 1 is 0.969 bits per heavy atom. The number of carbonyl (C=O) groups excluding carboxylic acids is 1. The molecule has 0 aliphatic carbocycles. The highest BCUT2D eigenvalue weighted by molar-refractivity contribution is 6.06. The van der Waals surface area contributed by atoms with E-state index in [-0.39, 0.29) is 28.1 Å². The Balaban J connectivity index is 1.95. The molecule has 0 aliphatic rings. The number of nitrogens with zero attached hydrogens (tertiary/aromatic N) is 2. The van der Waals surface area contributed by atoms with Crippen LogP contribution in [0.1, 0.15) is 16.1 Å². The Kier molecular flexibility index (Phi) is 5.81. The second kappa shape index (κ2) is 8.85. The Labute approximate surface area is 183 Å². The van der Waals surface area contributed by atoms with E-state index in [1.807, 2.05) is 18.2 Å². The van der Waals surface area contributed by atoms with Crippen LogP contribution in [0.4, 0.5) is 10.2 Å². The molecule has 160 valence electrons. The highest BCUT2D eigenvalue weighted by Crippen LogP contribution is 2.29. The molecule has 1 aromatic heterocycles. The summed E-state index contributed by atoms with van der Waals surface area (Å²) < 4.78 is 20.9. The van der Waals surface area contributed by atoms with Crippen LogP contribution in [-0.2, 0) is 0 Å². The molecule has 4 rings (SSSR count). The summed E-state index contributed by atoms with van der Waals surface area (Å²) in [5.74, 6) is -0.581. The molecule has 0 unspecified atom stereocenters. The maximum Gasteiger partial charge on any atom is 0.259 e. The molecule has 1 N–H and O–H groups in total. The number of ether oxygens (including phenoxy) is 1. The summed E-state index contributed by atoms with van der Waals surface area (Å²) in [4.78, 5) is 26.2. The molecule has 1 heterocycles. The van der Waals surface area contributed by atoms with E-state index in [9.17, 15) is 14.0 Å². The average Bonchev–Trinajstić information content (AvgIpc) is 2.82. The van der Waals surface area contributed by atoms with Gasteiger partial charge in [-0.25, -0.2) is 9.07 Å². The molecule has 0 radical (unpaired) electrons. The van der Waals surface area contributed by atoms with Gasteiger partial charge in [0.2, 0.25) is 5.43 Å². The standard InChI is InChI=1S/C25H20FN3O3/c1-16-23(30)22(17-12-14-19(32-2)15-13-17)24(29(28-16)18-8-4-3-5-9-18)27-25(31)20-10-6-7-11-21(20)26/h3-15H,1-2H3,(H,27,31). The van der Waals surface area contributed by atoms with Gasteiger partial charge in [0.25, 0.3) is 5.91 Å². The van der Waals surface area contributed by atoms with Crippen LogP contribution in [0.5, 0.6) is 5.75 Å². The van der Waals surface area contributed by atoms with Crippen LogP contribution in [0.2, 0.25) is 0 Å². The number of anilines is 1. The van der Waals surface area contributed by atoms with E-state index >= 15 is 0 Å². The first kappa shape index (κ1) is 21.0. The van der Waals surface area contributed by atoms with Crippen molar-refractivity contribution in [3.63, 3.8) is 0 Å². The number of nitrogens with one attached hydrogen (secondary N) is 1. The molecule has 6 nitrogen and oxygen atoms in total. The fraction of sp³-hybridized carbons (Fsp3) is 0.0800. The number of hydrogen-bond donors (Lipinski definition) is 1. The Morgan fingerprint density at radius 3 is 2.28 bits per heavy atom. The number of aryl methyl sites for hydroxylation is 1. The van der Waals surface area contributed by atoms with Gasteiger partial charge in [0.05, 0.1) is 23.9 Å². The molecule has 0 fully saturated rings. The number of carbonyl (C=O) groups is 1. The SMILES string of the molecule is COc1ccc(-c2c(NC(=O)c3ccccc3F)n(-c3ccccc3)nc(C)c2=O)cc1. The van der Waals surface area contributed by atoms with Crippen molar-refractivity contribution in [2.45, 2.75) is 6.92 Å². The number of amides is 1. The third kappa shape index (κ3) is 4.00. The first-order valence-corrected chi connectivity index (χ1v) is 9.89. The smallest absolute Gasteiger partial charge is 0.259 e. The first-order valence-electron chi connectivity index (χ1n) is 9.89. The molecule has 7 heteroatoms. The van der Waals surface area contributed by atoms with Crippen LogP contribution in [0.25, 0.3) is 16.8 Å². The topological polar surface area (TPSA) is 73.2 Å². The summed E-state index contributed by atoms with van der Waals surface area (Å²) in [6.45, 7) is 1.61. The van der Waals surface area contributed by atoms with Gasteiger partial charge in [-0.15, -0.1) is 0 Å². The highest BCUT2D eigenvalue weighted by atomic mass is 19.1. The zero-order valence-corrected chi connectivity index (χ0v) is 17.5. The van der Waals surface area contributed by atoms with Gasteiger partial charge in [0, 0.05) is 0 Å². The number of methoxy groups -OCH3 is 1. The van der Waals surface area contributed by atoms with Crippen molar-refractivity contribution in [1.82, 2.24) is 9.78 Å². The summed E-state index contributed by atoms with van der Waals surface area (Å²) in [5, 5.41) is 7.12. The van der Waals surface area contributed by atoms with E-state index in [4.69, 9.17) is 4.74 Å². The highest BCUT2D eigenvalue weighted by Gasteiger charge is 2.22. The van der Waals surface area contributed by atoms with Crippen molar-refractivity contribution < 1.29 is 13.9 Å². The van der Waals surface area contributed by atoms with E-state index < -0.39 is 11.7 Å². The number of aromatic nitrogens is 2. The normalized spacial score (nSPS) is 10.6. The molecule has 32 heavy (non-hydrogen) atoms. The minimum atomic E-state index is -0.687. The molecule has 1 amide bonds. The molecule has 3 aromatic carbocycles. The molecule has 4 aromatic rings.